The van der Waals surface area contributed by atoms with Crippen molar-refractivity contribution in [3.05, 3.63) is 95.3 Å². The molecule has 3 rings (SSSR count). The van der Waals surface area contributed by atoms with Gasteiger partial charge in [0.15, 0.2) is 0 Å². The van der Waals surface area contributed by atoms with Crippen LogP contribution in [-0.4, -0.2) is 39.9 Å². The van der Waals surface area contributed by atoms with Gasteiger partial charge in [-0.25, -0.2) is 12.8 Å². The lowest BCUT2D eigenvalue weighted by atomic mass is 10.1. The van der Waals surface area contributed by atoms with Crippen LogP contribution in [0.15, 0.2) is 77.7 Å². The van der Waals surface area contributed by atoms with Gasteiger partial charge in [-0.3, -0.25) is 9.52 Å². The quantitative estimate of drug-likeness (QED) is 0.539. The van der Waals surface area contributed by atoms with Crippen molar-refractivity contribution in [1.82, 2.24) is 10.2 Å². The van der Waals surface area contributed by atoms with Crippen LogP contribution in [0.5, 0.6) is 0 Å². The molecule has 6 nitrogen and oxygen atoms in total. The van der Waals surface area contributed by atoms with Gasteiger partial charge < -0.3 is 10.2 Å². The number of carbonyl (C=O) groups is 1. The number of anilines is 1. The molecule has 0 saturated heterocycles. The summed E-state index contributed by atoms with van der Waals surface area (Å²) in [5, 5.41) is 2.92. The highest BCUT2D eigenvalue weighted by Gasteiger charge is 2.20. The number of likely N-dealkylation sites (N-methyl/N-ethyl adjacent to an activating group) is 1. The number of aryl methyl sites for hydroxylation is 1. The van der Waals surface area contributed by atoms with Crippen molar-refractivity contribution in [3.8, 4) is 0 Å². The summed E-state index contributed by atoms with van der Waals surface area (Å²) in [6, 6.07) is 19.2. The van der Waals surface area contributed by atoms with Crippen LogP contribution >= 0.6 is 0 Å². The Morgan fingerprint density at radius 1 is 1.00 bits per heavy atom. The third kappa shape index (κ3) is 5.72. The van der Waals surface area contributed by atoms with Crippen LogP contribution in [0.3, 0.4) is 0 Å². The summed E-state index contributed by atoms with van der Waals surface area (Å²) in [5.41, 5.74) is 2.23. The number of sulfonamides is 1. The van der Waals surface area contributed by atoms with Gasteiger partial charge in [0.25, 0.3) is 15.9 Å². The van der Waals surface area contributed by atoms with E-state index in [9.17, 15) is 17.6 Å². The maximum Gasteiger partial charge on any atom is 0.261 e. The zero-order valence-corrected chi connectivity index (χ0v) is 19.0. The predicted molar refractivity (Wildman–Crippen MR) is 124 cm³/mol. The molecule has 1 atom stereocenters. The molecule has 0 aromatic heterocycles. The van der Waals surface area contributed by atoms with Crippen molar-refractivity contribution in [2.24, 2.45) is 0 Å². The second kappa shape index (κ2) is 9.93. The number of nitrogens with one attached hydrogen (secondary N) is 2. The lowest BCUT2D eigenvalue weighted by Crippen LogP contribution is -2.35. The Morgan fingerprint density at radius 3 is 2.28 bits per heavy atom. The van der Waals surface area contributed by atoms with Crippen molar-refractivity contribution in [2.75, 3.05) is 25.4 Å². The SMILES string of the molecule is Cc1ccc(S(=O)(=O)Nc2ccc(F)cc2)cc1C(=O)NC[C@H](c1ccccc1)N(C)C. The van der Waals surface area contributed by atoms with E-state index in [1.165, 1.54) is 36.4 Å². The normalized spacial score (nSPS) is 12.4. The summed E-state index contributed by atoms with van der Waals surface area (Å²) in [7, 11) is -0.0795. The van der Waals surface area contributed by atoms with Crippen LogP contribution in [0, 0.1) is 12.7 Å². The van der Waals surface area contributed by atoms with Gasteiger partial charge in [0.2, 0.25) is 0 Å². The first-order valence-corrected chi connectivity index (χ1v) is 11.5. The van der Waals surface area contributed by atoms with E-state index in [0.717, 1.165) is 5.56 Å². The summed E-state index contributed by atoms with van der Waals surface area (Å²) in [5.74, 6) is -0.821. The van der Waals surface area contributed by atoms with E-state index in [2.05, 4.69) is 10.0 Å². The van der Waals surface area contributed by atoms with E-state index in [1.54, 1.807) is 13.0 Å². The summed E-state index contributed by atoms with van der Waals surface area (Å²) >= 11 is 0. The molecule has 32 heavy (non-hydrogen) atoms. The minimum atomic E-state index is -3.95. The number of rotatable bonds is 8. The smallest absolute Gasteiger partial charge is 0.261 e. The lowest BCUT2D eigenvalue weighted by molar-refractivity contribution is 0.0941. The molecule has 0 aliphatic carbocycles. The van der Waals surface area contributed by atoms with E-state index in [4.69, 9.17) is 0 Å². The van der Waals surface area contributed by atoms with Crippen molar-refractivity contribution < 1.29 is 17.6 Å². The predicted octanol–water partition coefficient (Wildman–Crippen LogP) is 3.97. The van der Waals surface area contributed by atoms with E-state index >= 15 is 0 Å². The molecule has 8 heteroatoms. The Labute approximate surface area is 188 Å². The van der Waals surface area contributed by atoms with Gasteiger partial charge in [-0.1, -0.05) is 36.4 Å². The van der Waals surface area contributed by atoms with E-state index in [-0.39, 0.29) is 28.1 Å². The van der Waals surface area contributed by atoms with Crippen molar-refractivity contribution in [3.63, 3.8) is 0 Å². The van der Waals surface area contributed by atoms with Gasteiger partial charge in [-0.15, -0.1) is 0 Å². The van der Waals surface area contributed by atoms with Crippen LogP contribution in [0.1, 0.15) is 27.5 Å². The molecule has 1 amide bonds. The molecule has 0 bridgehead atoms. The second-order valence-electron chi connectivity index (χ2n) is 7.69. The third-order valence-electron chi connectivity index (χ3n) is 5.12. The van der Waals surface area contributed by atoms with Crippen molar-refractivity contribution >= 4 is 21.6 Å². The summed E-state index contributed by atoms with van der Waals surface area (Å²) in [4.78, 5) is 14.9. The number of nitrogens with zero attached hydrogens (tertiary/aromatic N) is 1. The Morgan fingerprint density at radius 2 is 1.66 bits per heavy atom. The lowest BCUT2D eigenvalue weighted by Gasteiger charge is -2.25. The molecule has 3 aromatic rings. The van der Waals surface area contributed by atoms with Crippen LogP contribution in [0.25, 0.3) is 0 Å². The fourth-order valence-electron chi connectivity index (χ4n) is 3.30. The molecule has 0 radical (unpaired) electrons. The molecule has 0 fully saturated rings. The number of carbonyl (C=O) groups excluding carboxylic acids is 1. The standard InChI is InChI=1S/C24H26FN3O3S/c1-17-9-14-21(32(30,31)27-20-12-10-19(25)11-13-20)15-22(17)24(29)26-16-23(28(2)3)18-7-5-4-6-8-18/h4-15,23,27H,16H2,1-3H3,(H,26,29)/t23-/m1/s1. The molecule has 168 valence electrons. The average Bonchev–Trinajstić information content (AvgIpc) is 2.76. The molecule has 0 saturated carbocycles. The van der Waals surface area contributed by atoms with E-state index in [1.807, 2.05) is 49.3 Å². The number of hydrogen-bond donors (Lipinski definition) is 2. The van der Waals surface area contributed by atoms with E-state index in [0.29, 0.717) is 12.1 Å². The first-order chi connectivity index (χ1) is 15.2. The Balaban J connectivity index is 1.78. The molecule has 0 spiro atoms. The topological polar surface area (TPSA) is 78.5 Å². The summed E-state index contributed by atoms with van der Waals surface area (Å²) in [6.07, 6.45) is 0. The fraction of sp³-hybridized carbons (Fsp3) is 0.208. The monoisotopic (exact) mass is 455 g/mol. The van der Waals surface area contributed by atoms with Gasteiger partial charge in [0.1, 0.15) is 5.82 Å². The van der Waals surface area contributed by atoms with Crippen LogP contribution < -0.4 is 10.0 Å². The first-order valence-electron chi connectivity index (χ1n) is 10.1. The van der Waals surface area contributed by atoms with Gasteiger partial charge >= 0.3 is 0 Å². The Hall–Kier alpha value is -3.23. The highest BCUT2D eigenvalue weighted by atomic mass is 32.2. The van der Waals surface area contributed by atoms with Crippen molar-refractivity contribution in [1.29, 1.82) is 0 Å². The maximum atomic E-state index is 13.1. The van der Waals surface area contributed by atoms with Gasteiger partial charge in [-0.2, -0.15) is 0 Å². The minimum absolute atomic E-state index is 0.0347. The van der Waals surface area contributed by atoms with Gasteiger partial charge in [0, 0.05) is 17.8 Å². The average molecular weight is 456 g/mol. The molecule has 2 N–H and O–H groups in total. The zero-order chi connectivity index (χ0) is 23.3. The molecule has 0 heterocycles. The second-order valence-corrected chi connectivity index (χ2v) is 9.37. The molecule has 3 aromatic carbocycles. The van der Waals surface area contributed by atoms with Crippen LogP contribution in [-0.2, 0) is 10.0 Å². The molecular weight excluding hydrogens is 429 g/mol. The Kier molecular flexibility index (Phi) is 7.27. The van der Waals surface area contributed by atoms with Crippen molar-refractivity contribution in [2.45, 2.75) is 17.9 Å². The van der Waals surface area contributed by atoms with Gasteiger partial charge in [-0.05, 0) is 68.5 Å². The molecule has 0 aliphatic rings. The number of amides is 1. The van der Waals surface area contributed by atoms with Crippen LogP contribution in [0.2, 0.25) is 0 Å². The number of hydrogen-bond acceptors (Lipinski definition) is 4. The Bertz CT molecular complexity index is 1180. The largest absolute Gasteiger partial charge is 0.350 e. The maximum absolute atomic E-state index is 13.1. The third-order valence-corrected chi connectivity index (χ3v) is 6.50. The number of benzene rings is 3. The minimum Gasteiger partial charge on any atom is -0.350 e. The van der Waals surface area contributed by atoms with Gasteiger partial charge in [0.05, 0.1) is 10.9 Å². The summed E-state index contributed by atoms with van der Waals surface area (Å²) < 4.78 is 41.0. The fourth-order valence-corrected chi connectivity index (χ4v) is 4.39. The summed E-state index contributed by atoms with van der Waals surface area (Å²) in [6.45, 7) is 2.11. The number of halogens is 1. The van der Waals surface area contributed by atoms with E-state index < -0.39 is 15.8 Å². The highest BCUT2D eigenvalue weighted by molar-refractivity contribution is 7.92. The molecule has 0 unspecified atom stereocenters. The highest BCUT2D eigenvalue weighted by Crippen LogP contribution is 2.21. The molecular formula is C24H26FN3O3S. The molecule has 0 aliphatic heterocycles. The zero-order valence-electron chi connectivity index (χ0n) is 18.2. The first kappa shape index (κ1) is 23.4. The van der Waals surface area contributed by atoms with Crippen LogP contribution in [0.4, 0.5) is 10.1 Å².